The fourth-order valence-corrected chi connectivity index (χ4v) is 2.53. The predicted molar refractivity (Wildman–Crippen MR) is 88.2 cm³/mol. The molecule has 0 spiro atoms. The summed E-state index contributed by atoms with van der Waals surface area (Å²) in [6.45, 7) is 10.0. The quantitative estimate of drug-likeness (QED) is 0.672. The summed E-state index contributed by atoms with van der Waals surface area (Å²) >= 11 is 0. The van der Waals surface area contributed by atoms with Gasteiger partial charge in [-0.15, -0.1) is 0 Å². The Morgan fingerprint density at radius 3 is 2.62 bits per heavy atom. The van der Waals surface area contributed by atoms with Gasteiger partial charge in [-0.3, -0.25) is 4.79 Å². The highest BCUT2D eigenvalue weighted by atomic mass is 16.1. The second-order valence-electron chi connectivity index (χ2n) is 5.25. The van der Waals surface area contributed by atoms with E-state index in [1.54, 1.807) is 0 Å². The van der Waals surface area contributed by atoms with Gasteiger partial charge in [-0.1, -0.05) is 13.8 Å². The molecule has 0 atom stereocenters. The fraction of sp³-hybridized carbons (Fsp3) is 0.562. The average Bonchev–Trinajstić information content (AvgIpc) is 2.54. The molecule has 21 heavy (non-hydrogen) atoms. The number of carbonyl (C=O) groups excluding carboxylic acids is 1. The standard InChI is InChI=1S/C16H26N4O/c1-3-20(4-2)11-5-8-19-16(21)13-6-7-14-15(12-13)18-10-9-17-14/h6-7,12,17-18H,3-5,8-11H2,1-2H3,(H,19,21). The lowest BCUT2D eigenvalue weighted by molar-refractivity contribution is 0.0952. The molecular formula is C16H26N4O. The van der Waals surface area contributed by atoms with Crippen molar-refractivity contribution in [2.24, 2.45) is 0 Å². The van der Waals surface area contributed by atoms with Gasteiger partial charge in [-0.2, -0.15) is 0 Å². The Bertz CT molecular complexity index is 471. The van der Waals surface area contributed by atoms with E-state index in [9.17, 15) is 4.79 Å². The van der Waals surface area contributed by atoms with Crippen LogP contribution >= 0.6 is 0 Å². The lowest BCUT2D eigenvalue weighted by atomic mass is 10.1. The minimum atomic E-state index is 0.00437. The molecule has 0 fully saturated rings. The van der Waals surface area contributed by atoms with E-state index in [0.717, 1.165) is 57.1 Å². The summed E-state index contributed by atoms with van der Waals surface area (Å²) in [5.41, 5.74) is 2.80. The van der Waals surface area contributed by atoms with Crippen molar-refractivity contribution >= 4 is 17.3 Å². The first-order valence-electron chi connectivity index (χ1n) is 7.87. The molecule has 0 aliphatic carbocycles. The number of fused-ring (bicyclic) bond motifs is 1. The van der Waals surface area contributed by atoms with Crippen LogP contribution in [0.1, 0.15) is 30.6 Å². The molecule has 1 heterocycles. The molecule has 3 N–H and O–H groups in total. The highest BCUT2D eigenvalue weighted by molar-refractivity contribution is 5.96. The zero-order chi connectivity index (χ0) is 15.1. The van der Waals surface area contributed by atoms with E-state index in [0.29, 0.717) is 5.56 Å². The third kappa shape index (κ3) is 4.36. The smallest absolute Gasteiger partial charge is 0.251 e. The number of amides is 1. The third-order valence-corrected chi connectivity index (χ3v) is 3.87. The van der Waals surface area contributed by atoms with Gasteiger partial charge in [0.15, 0.2) is 0 Å². The Kier molecular flexibility index (Phi) is 5.87. The van der Waals surface area contributed by atoms with Gasteiger partial charge in [0, 0.05) is 25.2 Å². The number of anilines is 2. The second kappa shape index (κ2) is 7.88. The maximum atomic E-state index is 12.1. The number of carbonyl (C=O) groups is 1. The van der Waals surface area contributed by atoms with Gasteiger partial charge < -0.3 is 20.9 Å². The first-order valence-corrected chi connectivity index (χ1v) is 7.87. The molecule has 1 amide bonds. The molecule has 1 aliphatic heterocycles. The van der Waals surface area contributed by atoms with Crippen molar-refractivity contribution in [3.63, 3.8) is 0 Å². The van der Waals surface area contributed by atoms with Crippen molar-refractivity contribution in [1.29, 1.82) is 0 Å². The molecule has 1 aromatic rings. The molecule has 0 aromatic heterocycles. The van der Waals surface area contributed by atoms with Crippen molar-refractivity contribution in [2.45, 2.75) is 20.3 Å². The van der Waals surface area contributed by atoms with E-state index in [2.05, 4.69) is 34.7 Å². The van der Waals surface area contributed by atoms with E-state index in [-0.39, 0.29) is 5.91 Å². The summed E-state index contributed by atoms with van der Waals surface area (Å²) in [5.74, 6) is 0.00437. The Hall–Kier alpha value is -1.75. The molecular weight excluding hydrogens is 264 g/mol. The Balaban J connectivity index is 1.81. The van der Waals surface area contributed by atoms with E-state index < -0.39 is 0 Å². The van der Waals surface area contributed by atoms with E-state index >= 15 is 0 Å². The van der Waals surface area contributed by atoms with Gasteiger partial charge in [0.05, 0.1) is 11.4 Å². The lowest BCUT2D eigenvalue weighted by Crippen LogP contribution is -2.30. The lowest BCUT2D eigenvalue weighted by Gasteiger charge is -2.20. The Morgan fingerprint density at radius 1 is 1.19 bits per heavy atom. The van der Waals surface area contributed by atoms with Crippen LogP contribution in [-0.2, 0) is 0 Å². The number of nitrogens with zero attached hydrogens (tertiary/aromatic N) is 1. The van der Waals surface area contributed by atoms with Gasteiger partial charge >= 0.3 is 0 Å². The minimum absolute atomic E-state index is 0.00437. The molecule has 1 aromatic carbocycles. The zero-order valence-corrected chi connectivity index (χ0v) is 13.0. The molecule has 1 aliphatic rings. The van der Waals surface area contributed by atoms with Gasteiger partial charge in [0.1, 0.15) is 0 Å². The van der Waals surface area contributed by atoms with Crippen LogP contribution in [0.15, 0.2) is 18.2 Å². The van der Waals surface area contributed by atoms with Crippen LogP contribution in [0.2, 0.25) is 0 Å². The first kappa shape index (κ1) is 15.6. The second-order valence-corrected chi connectivity index (χ2v) is 5.25. The number of benzene rings is 1. The highest BCUT2D eigenvalue weighted by Crippen LogP contribution is 2.25. The zero-order valence-electron chi connectivity index (χ0n) is 13.0. The van der Waals surface area contributed by atoms with Crippen LogP contribution in [0.3, 0.4) is 0 Å². The summed E-state index contributed by atoms with van der Waals surface area (Å²) in [5, 5.41) is 9.61. The van der Waals surface area contributed by atoms with Crippen molar-refractivity contribution in [1.82, 2.24) is 10.2 Å². The summed E-state index contributed by atoms with van der Waals surface area (Å²) < 4.78 is 0. The monoisotopic (exact) mass is 290 g/mol. The van der Waals surface area contributed by atoms with Crippen LogP contribution in [0.25, 0.3) is 0 Å². The number of rotatable bonds is 7. The first-order chi connectivity index (χ1) is 10.2. The van der Waals surface area contributed by atoms with Crippen molar-refractivity contribution in [3.8, 4) is 0 Å². The maximum Gasteiger partial charge on any atom is 0.251 e. The highest BCUT2D eigenvalue weighted by Gasteiger charge is 2.11. The van der Waals surface area contributed by atoms with Crippen LogP contribution in [-0.4, -0.2) is 50.1 Å². The van der Waals surface area contributed by atoms with Crippen molar-refractivity contribution in [3.05, 3.63) is 23.8 Å². The van der Waals surface area contributed by atoms with Crippen LogP contribution in [0.4, 0.5) is 11.4 Å². The van der Waals surface area contributed by atoms with Crippen LogP contribution in [0, 0.1) is 0 Å². The Labute approximate surface area is 127 Å². The molecule has 0 bridgehead atoms. The topological polar surface area (TPSA) is 56.4 Å². The molecule has 0 unspecified atom stereocenters. The van der Waals surface area contributed by atoms with Gasteiger partial charge in [0.2, 0.25) is 0 Å². The molecule has 0 saturated carbocycles. The van der Waals surface area contributed by atoms with Crippen LogP contribution < -0.4 is 16.0 Å². The molecule has 0 saturated heterocycles. The SMILES string of the molecule is CCN(CC)CCCNC(=O)c1ccc2c(c1)NCCN2. The predicted octanol–water partition coefficient (Wildman–Crippen LogP) is 1.99. The summed E-state index contributed by atoms with van der Waals surface area (Å²) in [4.78, 5) is 14.5. The largest absolute Gasteiger partial charge is 0.382 e. The van der Waals surface area contributed by atoms with Crippen LogP contribution in [0.5, 0.6) is 0 Å². The summed E-state index contributed by atoms with van der Waals surface area (Å²) in [6, 6.07) is 5.76. The molecule has 0 radical (unpaired) electrons. The van der Waals surface area contributed by atoms with Gasteiger partial charge in [0.25, 0.3) is 5.91 Å². The minimum Gasteiger partial charge on any atom is -0.382 e. The van der Waals surface area contributed by atoms with Crippen molar-refractivity contribution in [2.75, 3.05) is 49.9 Å². The number of hydrogen-bond acceptors (Lipinski definition) is 4. The molecule has 5 nitrogen and oxygen atoms in total. The van der Waals surface area contributed by atoms with E-state index in [1.165, 1.54) is 0 Å². The number of hydrogen-bond donors (Lipinski definition) is 3. The Morgan fingerprint density at radius 2 is 1.90 bits per heavy atom. The summed E-state index contributed by atoms with van der Waals surface area (Å²) in [7, 11) is 0. The van der Waals surface area contributed by atoms with E-state index in [4.69, 9.17) is 0 Å². The van der Waals surface area contributed by atoms with Gasteiger partial charge in [-0.05, 0) is 44.3 Å². The van der Waals surface area contributed by atoms with Crippen molar-refractivity contribution < 1.29 is 4.79 Å². The van der Waals surface area contributed by atoms with E-state index in [1.807, 2.05) is 18.2 Å². The third-order valence-electron chi connectivity index (χ3n) is 3.87. The number of nitrogens with one attached hydrogen (secondary N) is 3. The molecule has 5 heteroatoms. The normalized spacial score (nSPS) is 13.3. The fourth-order valence-electron chi connectivity index (χ4n) is 2.53. The summed E-state index contributed by atoms with van der Waals surface area (Å²) in [6.07, 6.45) is 0.984. The molecule has 2 rings (SSSR count). The molecule has 116 valence electrons. The van der Waals surface area contributed by atoms with Gasteiger partial charge in [-0.25, -0.2) is 0 Å². The average molecular weight is 290 g/mol. The maximum absolute atomic E-state index is 12.1.